The number of pyridine rings is 1. The summed E-state index contributed by atoms with van der Waals surface area (Å²) in [5.41, 5.74) is 9.95. The van der Waals surface area contributed by atoms with Crippen LogP contribution in [-0.2, 0) is 6.54 Å². The number of ether oxygens (including phenoxy) is 1. The van der Waals surface area contributed by atoms with Crippen LogP contribution in [0.25, 0.3) is 5.65 Å². The van der Waals surface area contributed by atoms with Gasteiger partial charge in [0.05, 0.1) is 37.8 Å². The Balaban J connectivity index is 1.19. The van der Waals surface area contributed by atoms with Crippen molar-refractivity contribution in [3.8, 4) is 5.75 Å². The van der Waals surface area contributed by atoms with Crippen molar-refractivity contribution in [1.29, 1.82) is 0 Å². The molecular formula is C36H48N10O3. The van der Waals surface area contributed by atoms with Crippen molar-refractivity contribution >= 4 is 29.1 Å². The van der Waals surface area contributed by atoms with E-state index in [-0.39, 0.29) is 30.0 Å². The van der Waals surface area contributed by atoms with Crippen molar-refractivity contribution in [3.05, 3.63) is 77.9 Å². The van der Waals surface area contributed by atoms with Gasteiger partial charge < -0.3 is 25.8 Å². The van der Waals surface area contributed by atoms with Crippen LogP contribution in [0.4, 0.5) is 16.4 Å². The van der Waals surface area contributed by atoms with Crippen LogP contribution in [0.2, 0.25) is 0 Å². The number of carbonyl (C=O) groups is 1. The second kappa shape index (κ2) is 14.3. The predicted octanol–water partition coefficient (Wildman–Crippen LogP) is 5.56. The van der Waals surface area contributed by atoms with E-state index in [0.29, 0.717) is 42.9 Å². The summed E-state index contributed by atoms with van der Waals surface area (Å²) < 4.78 is 10.3. The van der Waals surface area contributed by atoms with E-state index in [1.165, 1.54) is 6.42 Å². The molecule has 260 valence electrons. The molecule has 49 heavy (non-hydrogen) atoms. The van der Waals surface area contributed by atoms with Gasteiger partial charge in [0.2, 0.25) is 5.95 Å². The molecule has 0 radical (unpaired) electrons. The number of amides is 2. The van der Waals surface area contributed by atoms with E-state index >= 15 is 0 Å². The minimum Gasteiger partial charge on any atom is -0.484 e. The van der Waals surface area contributed by atoms with Crippen LogP contribution in [0, 0.1) is 5.41 Å². The number of nitrogens with zero attached hydrogens (tertiary/aromatic N) is 7. The molecule has 4 atom stereocenters. The zero-order valence-electron chi connectivity index (χ0n) is 29.0. The number of aromatic nitrogens is 5. The number of fused-ring (bicyclic) bond motifs is 2. The number of hydrogen-bond acceptors (Lipinski definition) is 9. The summed E-state index contributed by atoms with van der Waals surface area (Å²) in [4.78, 5) is 20.4. The highest BCUT2D eigenvalue weighted by atomic mass is 16.5. The van der Waals surface area contributed by atoms with Gasteiger partial charge >= 0.3 is 6.03 Å². The largest absolute Gasteiger partial charge is 0.484 e. The Morgan fingerprint density at radius 3 is 2.55 bits per heavy atom. The molecule has 13 nitrogen and oxygen atoms in total. The summed E-state index contributed by atoms with van der Waals surface area (Å²) in [7, 11) is 0. The van der Waals surface area contributed by atoms with Crippen molar-refractivity contribution in [1.82, 2.24) is 35.0 Å². The Hall–Kier alpha value is -4.91. The third-order valence-corrected chi connectivity index (χ3v) is 9.40. The normalized spacial score (nSPS) is 21.8. The second-order valence-electron chi connectivity index (χ2n) is 14.1. The van der Waals surface area contributed by atoms with Crippen molar-refractivity contribution < 1.29 is 14.6 Å². The van der Waals surface area contributed by atoms with Gasteiger partial charge in [-0.1, -0.05) is 45.0 Å². The van der Waals surface area contributed by atoms with Gasteiger partial charge in [-0.3, -0.25) is 14.4 Å². The number of aliphatic hydroxyl groups excluding tert-OH is 1. The molecule has 0 saturated carbocycles. The first-order valence-electron chi connectivity index (χ1n) is 17.2. The molecule has 6 rings (SSSR count). The number of nitrogens with one attached hydrogen (secondary N) is 2. The summed E-state index contributed by atoms with van der Waals surface area (Å²) in [5, 5.41) is 28.5. The molecule has 0 spiro atoms. The predicted molar refractivity (Wildman–Crippen MR) is 190 cm³/mol. The van der Waals surface area contributed by atoms with E-state index in [0.717, 1.165) is 41.3 Å². The Morgan fingerprint density at radius 1 is 1.06 bits per heavy atom. The summed E-state index contributed by atoms with van der Waals surface area (Å²) in [5.74, 6) is 1.87. The number of hydrogen-bond donors (Lipinski definition) is 4. The number of aliphatic imine (C=N–C) groups is 1. The third-order valence-electron chi connectivity index (χ3n) is 9.40. The number of aliphatic hydroxyl groups is 1. The lowest BCUT2D eigenvalue weighted by Gasteiger charge is -2.39. The molecule has 2 amide bonds. The molecule has 4 aromatic rings. The van der Waals surface area contributed by atoms with E-state index < -0.39 is 6.03 Å². The van der Waals surface area contributed by atoms with E-state index in [1.807, 2.05) is 61.7 Å². The number of amidine groups is 1. The first-order valence-corrected chi connectivity index (χ1v) is 17.2. The average molecular weight is 669 g/mol. The third kappa shape index (κ3) is 7.72. The monoisotopic (exact) mass is 668 g/mol. The van der Waals surface area contributed by atoms with E-state index in [9.17, 15) is 9.90 Å². The Labute approximate surface area is 287 Å². The maximum Gasteiger partial charge on any atom is 0.320 e. The summed E-state index contributed by atoms with van der Waals surface area (Å²) in [6.45, 7) is 10.8. The smallest absolute Gasteiger partial charge is 0.320 e. The molecule has 3 aromatic heterocycles. The molecule has 0 unspecified atom stereocenters. The van der Waals surface area contributed by atoms with Gasteiger partial charge in [0.25, 0.3) is 0 Å². The zero-order valence-corrected chi connectivity index (χ0v) is 29.0. The summed E-state index contributed by atoms with van der Waals surface area (Å²) in [6.07, 6.45) is 11.6. The minimum absolute atomic E-state index is 0.0420. The second-order valence-corrected chi connectivity index (χ2v) is 14.1. The lowest BCUT2D eigenvalue weighted by atomic mass is 9.85. The van der Waals surface area contributed by atoms with Crippen LogP contribution in [0.5, 0.6) is 5.75 Å². The summed E-state index contributed by atoms with van der Waals surface area (Å²) in [6, 6.07) is 12.1. The number of benzene rings is 1. The first-order chi connectivity index (χ1) is 23.5. The van der Waals surface area contributed by atoms with Crippen molar-refractivity contribution in [3.63, 3.8) is 0 Å². The Bertz CT molecular complexity index is 1830. The maximum atomic E-state index is 13.5. The SMILES string of the molecule is C[C@@H]1CCC[C@H](C)N1c1nnc2ccc(O[C@@H]3CC[C@H](NC(=O)NC(C=C(N)C(C)(C)C)=Nc4cnn(CCO)c4)c4ccccc43)cn12. The van der Waals surface area contributed by atoms with Crippen LogP contribution in [0.3, 0.4) is 0 Å². The number of piperidine rings is 1. The fourth-order valence-corrected chi connectivity index (χ4v) is 6.65. The fourth-order valence-electron chi connectivity index (χ4n) is 6.65. The number of nitrogens with two attached hydrogens (primary N) is 1. The van der Waals surface area contributed by atoms with Gasteiger partial charge in [-0.25, -0.2) is 9.79 Å². The maximum absolute atomic E-state index is 13.5. The number of anilines is 1. The Kier molecular flexibility index (Phi) is 9.91. The lowest BCUT2D eigenvalue weighted by molar-refractivity contribution is 0.171. The van der Waals surface area contributed by atoms with Gasteiger partial charge in [-0.15, -0.1) is 10.2 Å². The van der Waals surface area contributed by atoms with Gasteiger partial charge in [-0.2, -0.15) is 5.10 Å². The highest BCUT2D eigenvalue weighted by Gasteiger charge is 2.31. The van der Waals surface area contributed by atoms with Crippen LogP contribution >= 0.6 is 0 Å². The van der Waals surface area contributed by atoms with Crippen molar-refractivity contribution in [2.45, 2.75) is 97.5 Å². The molecule has 0 bridgehead atoms. The van der Waals surface area contributed by atoms with Crippen LogP contribution < -0.4 is 26.0 Å². The molecular weight excluding hydrogens is 620 g/mol. The van der Waals surface area contributed by atoms with Crippen LogP contribution in [0.15, 0.2) is 71.8 Å². The zero-order chi connectivity index (χ0) is 34.7. The summed E-state index contributed by atoms with van der Waals surface area (Å²) >= 11 is 0. The quantitative estimate of drug-likeness (QED) is 0.140. The van der Waals surface area contributed by atoms with Crippen LogP contribution in [-0.4, -0.2) is 60.0 Å². The highest BCUT2D eigenvalue weighted by Crippen LogP contribution is 2.39. The van der Waals surface area contributed by atoms with Gasteiger partial charge in [0.15, 0.2) is 5.65 Å². The number of allylic oxidation sites excluding steroid dienone is 1. The Morgan fingerprint density at radius 2 is 1.82 bits per heavy atom. The van der Waals surface area contributed by atoms with Gasteiger partial charge in [0.1, 0.15) is 23.4 Å². The lowest BCUT2D eigenvalue weighted by Crippen LogP contribution is -2.44. The number of carbonyl (C=O) groups excluding carboxylic acids is 1. The molecule has 13 heteroatoms. The molecule has 5 N–H and O–H groups in total. The topological polar surface area (TPSA) is 160 Å². The van der Waals surface area contributed by atoms with Gasteiger partial charge in [-0.05, 0) is 69.2 Å². The first kappa shape index (κ1) is 34.0. The van der Waals surface area contributed by atoms with Crippen molar-refractivity contribution in [2.24, 2.45) is 16.1 Å². The number of rotatable bonds is 8. The molecule has 1 aromatic carbocycles. The van der Waals surface area contributed by atoms with Crippen LogP contribution in [0.1, 0.15) is 90.0 Å². The van der Waals surface area contributed by atoms with E-state index in [1.54, 1.807) is 23.2 Å². The molecule has 4 heterocycles. The standard InChI is InChI=1S/C36H48N10O3/c1-23-9-8-10-24(2)46(23)35-43-42-33-16-13-26(22-45(33)35)49-30-15-14-29(27-11-6-7-12-28(27)30)40-34(48)41-32(19-31(37)36(3,4)5)39-25-20-38-44(21-25)17-18-47/h6-7,11-13,16,19-24,29-30,47H,8-10,14-15,17-18,37H2,1-5H3,(H2,39,40,41,48)/t23-,24+,29-,30+/m0/s1. The average Bonchev–Trinajstić information content (AvgIpc) is 3.68. The highest BCUT2D eigenvalue weighted by molar-refractivity contribution is 6.05. The van der Waals surface area contributed by atoms with Gasteiger partial charge in [0, 0.05) is 29.3 Å². The van der Waals surface area contributed by atoms with E-state index in [4.69, 9.17) is 10.5 Å². The van der Waals surface area contributed by atoms with E-state index in [2.05, 4.69) is 55.7 Å². The molecule has 1 saturated heterocycles. The molecule has 1 aliphatic carbocycles. The molecule has 1 aliphatic heterocycles. The number of urea groups is 1. The molecule has 1 fully saturated rings. The fraction of sp³-hybridized carbons (Fsp3) is 0.472. The van der Waals surface area contributed by atoms with Crippen molar-refractivity contribution in [2.75, 3.05) is 11.5 Å². The molecule has 2 aliphatic rings. The minimum atomic E-state index is -0.398.